The predicted molar refractivity (Wildman–Crippen MR) is 138 cm³/mol. The summed E-state index contributed by atoms with van der Waals surface area (Å²) in [5.74, 6) is 1.58. The molecule has 1 aromatic carbocycles. The van der Waals surface area contributed by atoms with Gasteiger partial charge in [0, 0.05) is 37.9 Å². The summed E-state index contributed by atoms with van der Waals surface area (Å²) >= 11 is 0. The molecule has 0 bridgehead atoms. The van der Waals surface area contributed by atoms with Crippen molar-refractivity contribution in [3.8, 4) is 5.75 Å². The van der Waals surface area contributed by atoms with Gasteiger partial charge in [-0.1, -0.05) is 0 Å². The topological polar surface area (TPSA) is 133 Å². The molecule has 0 saturated carbocycles. The van der Waals surface area contributed by atoms with E-state index in [1.807, 2.05) is 18.2 Å². The second kappa shape index (κ2) is 8.53. The number of amides is 2. The smallest absolute Gasteiger partial charge is 0.407 e. The minimum atomic E-state index is -0.924. The maximum absolute atomic E-state index is 12.3. The molecule has 3 aliphatic heterocycles. The van der Waals surface area contributed by atoms with Crippen molar-refractivity contribution in [3.63, 3.8) is 0 Å². The van der Waals surface area contributed by atoms with E-state index in [4.69, 9.17) is 14.1 Å². The molecule has 0 unspecified atom stereocenters. The van der Waals surface area contributed by atoms with Gasteiger partial charge in [0.15, 0.2) is 17.0 Å². The molecule has 6 rings (SSSR count). The van der Waals surface area contributed by atoms with Gasteiger partial charge in [-0.25, -0.2) is 9.78 Å². The molecule has 2 amide bonds. The third kappa shape index (κ3) is 4.28. The van der Waals surface area contributed by atoms with Crippen molar-refractivity contribution in [1.29, 1.82) is 0 Å². The average molecular weight is 507 g/mol. The first kappa shape index (κ1) is 23.4. The summed E-state index contributed by atoms with van der Waals surface area (Å²) in [6.07, 6.45) is 4.55. The fraction of sp³-hybridized carbons (Fsp3) is 0.462. The highest BCUT2D eigenvalue weighted by Gasteiger charge is 2.39. The fourth-order valence-electron chi connectivity index (χ4n) is 5.50. The van der Waals surface area contributed by atoms with E-state index in [-0.39, 0.29) is 11.3 Å². The number of piperidine rings is 2. The quantitative estimate of drug-likeness (QED) is 0.471. The van der Waals surface area contributed by atoms with Crippen LogP contribution >= 0.6 is 0 Å². The van der Waals surface area contributed by atoms with E-state index in [0.29, 0.717) is 41.6 Å². The van der Waals surface area contributed by atoms with Crippen LogP contribution in [0.2, 0.25) is 0 Å². The van der Waals surface area contributed by atoms with Gasteiger partial charge in [0.05, 0.1) is 12.0 Å². The zero-order valence-corrected chi connectivity index (χ0v) is 20.9. The van der Waals surface area contributed by atoms with Crippen molar-refractivity contribution in [1.82, 2.24) is 14.9 Å². The van der Waals surface area contributed by atoms with E-state index in [9.17, 15) is 14.7 Å². The number of aromatic nitrogens is 2. The molecule has 11 nitrogen and oxygen atoms in total. The minimum Gasteiger partial charge on any atom is -0.476 e. The number of rotatable bonds is 3. The van der Waals surface area contributed by atoms with Crippen LogP contribution in [-0.4, -0.2) is 63.8 Å². The number of fused-ring (bicyclic) bond motifs is 2. The lowest BCUT2D eigenvalue weighted by Gasteiger charge is -2.46. The van der Waals surface area contributed by atoms with Gasteiger partial charge in [-0.3, -0.25) is 4.79 Å². The van der Waals surface area contributed by atoms with E-state index in [0.717, 1.165) is 50.3 Å². The number of carbonyl (C=O) groups excluding carboxylic acids is 1. The molecule has 3 aromatic rings. The van der Waals surface area contributed by atoms with Crippen molar-refractivity contribution in [3.05, 3.63) is 30.5 Å². The molecule has 3 aliphatic rings. The van der Waals surface area contributed by atoms with Gasteiger partial charge in [-0.05, 0) is 63.1 Å². The van der Waals surface area contributed by atoms with Crippen LogP contribution in [0, 0.1) is 5.41 Å². The Kier molecular flexibility index (Phi) is 5.39. The molecular weight excluding hydrogens is 476 g/mol. The van der Waals surface area contributed by atoms with Gasteiger partial charge in [0.2, 0.25) is 5.95 Å². The molecule has 5 heterocycles. The number of hydrogen-bond acceptors (Lipinski definition) is 8. The molecule has 0 atom stereocenters. The molecule has 3 N–H and O–H groups in total. The van der Waals surface area contributed by atoms with Crippen molar-refractivity contribution in [2.45, 2.75) is 45.1 Å². The van der Waals surface area contributed by atoms with Crippen LogP contribution in [0.5, 0.6) is 5.75 Å². The van der Waals surface area contributed by atoms with Crippen LogP contribution < -0.4 is 20.3 Å². The normalized spacial score (nSPS) is 20.3. The number of benzene rings is 1. The SMILES string of the molecule is CC1(C)Oc2ccc(Nc3nc(N4CCC5(CCN(C(=O)O)CC5)CC4)c4occc4n3)cc2NC1=O. The first-order chi connectivity index (χ1) is 17.7. The lowest BCUT2D eigenvalue weighted by Crippen LogP contribution is -2.48. The molecule has 11 heteroatoms. The molecule has 0 aliphatic carbocycles. The summed E-state index contributed by atoms with van der Waals surface area (Å²) in [5.41, 5.74) is 1.93. The number of hydrogen-bond donors (Lipinski definition) is 3. The summed E-state index contributed by atoms with van der Waals surface area (Å²) in [4.78, 5) is 36.8. The number of nitrogens with one attached hydrogen (secondary N) is 2. The first-order valence-electron chi connectivity index (χ1n) is 12.6. The van der Waals surface area contributed by atoms with Crippen LogP contribution in [0.3, 0.4) is 0 Å². The van der Waals surface area contributed by atoms with Gasteiger partial charge in [-0.15, -0.1) is 0 Å². The standard InChI is InChI=1S/C26H30N6O5/c1-25(2)22(33)28-18-15-16(3-4-19(18)37-25)27-23-29-17-5-14-36-20(17)21(30-23)31-10-6-26(7-11-31)8-12-32(13-9-26)24(34)35/h3-5,14-15H,6-13H2,1-2H3,(H,28,33)(H,34,35)(H,27,29,30). The molecule has 1 spiro atoms. The summed E-state index contributed by atoms with van der Waals surface area (Å²) < 4.78 is 11.6. The van der Waals surface area contributed by atoms with Gasteiger partial charge < -0.3 is 34.7 Å². The molecule has 2 aromatic heterocycles. The monoisotopic (exact) mass is 506 g/mol. The van der Waals surface area contributed by atoms with Crippen LogP contribution in [0.4, 0.5) is 27.9 Å². The summed E-state index contributed by atoms with van der Waals surface area (Å²) in [7, 11) is 0. The Balaban J connectivity index is 1.21. The van der Waals surface area contributed by atoms with Gasteiger partial charge >= 0.3 is 6.09 Å². The minimum absolute atomic E-state index is 0.184. The highest BCUT2D eigenvalue weighted by Crippen LogP contribution is 2.43. The van der Waals surface area contributed by atoms with Crippen LogP contribution in [-0.2, 0) is 4.79 Å². The van der Waals surface area contributed by atoms with E-state index < -0.39 is 11.7 Å². The van der Waals surface area contributed by atoms with E-state index in [1.165, 1.54) is 4.90 Å². The Morgan fingerprint density at radius 2 is 1.81 bits per heavy atom. The maximum atomic E-state index is 12.3. The van der Waals surface area contributed by atoms with Gasteiger partial charge in [-0.2, -0.15) is 4.98 Å². The molecule has 0 radical (unpaired) electrons. The van der Waals surface area contributed by atoms with E-state index in [2.05, 4.69) is 20.5 Å². The average Bonchev–Trinajstić information content (AvgIpc) is 3.34. The fourth-order valence-corrected chi connectivity index (χ4v) is 5.50. The second-order valence-electron chi connectivity index (χ2n) is 10.7. The van der Waals surface area contributed by atoms with Crippen LogP contribution in [0.25, 0.3) is 11.1 Å². The number of anilines is 4. The Bertz CT molecular complexity index is 1370. The van der Waals surface area contributed by atoms with Gasteiger partial charge in [0.1, 0.15) is 11.3 Å². The largest absolute Gasteiger partial charge is 0.476 e. The zero-order valence-electron chi connectivity index (χ0n) is 20.9. The van der Waals surface area contributed by atoms with Crippen LogP contribution in [0.15, 0.2) is 34.9 Å². The number of carboxylic acid groups (broad SMARTS) is 1. The molecular formula is C26H30N6O5. The predicted octanol–water partition coefficient (Wildman–Crippen LogP) is 4.44. The third-order valence-corrected chi connectivity index (χ3v) is 7.90. The molecule has 37 heavy (non-hydrogen) atoms. The maximum Gasteiger partial charge on any atom is 0.407 e. The number of furan rings is 1. The Morgan fingerprint density at radius 1 is 1.08 bits per heavy atom. The van der Waals surface area contributed by atoms with Crippen molar-refractivity contribution >= 4 is 46.2 Å². The van der Waals surface area contributed by atoms with E-state index in [1.54, 1.807) is 26.2 Å². The summed E-state index contributed by atoms with van der Waals surface area (Å²) in [5, 5.41) is 15.4. The number of ether oxygens (including phenoxy) is 1. The number of likely N-dealkylation sites (tertiary alicyclic amines) is 1. The molecule has 2 saturated heterocycles. The lowest BCUT2D eigenvalue weighted by atomic mass is 9.71. The van der Waals surface area contributed by atoms with Gasteiger partial charge in [0.25, 0.3) is 5.91 Å². The number of carbonyl (C=O) groups is 2. The highest BCUT2D eigenvalue weighted by atomic mass is 16.5. The van der Waals surface area contributed by atoms with Crippen LogP contribution in [0.1, 0.15) is 39.5 Å². The zero-order chi connectivity index (χ0) is 25.8. The van der Waals surface area contributed by atoms with E-state index >= 15 is 0 Å². The first-order valence-corrected chi connectivity index (χ1v) is 12.6. The van der Waals surface area contributed by atoms with Crippen molar-refractivity contribution in [2.75, 3.05) is 41.7 Å². The number of nitrogens with zero attached hydrogens (tertiary/aromatic N) is 4. The van der Waals surface area contributed by atoms with Crippen molar-refractivity contribution < 1.29 is 23.8 Å². The second-order valence-corrected chi connectivity index (χ2v) is 10.7. The molecule has 2 fully saturated rings. The Morgan fingerprint density at radius 3 is 2.54 bits per heavy atom. The summed E-state index contributed by atoms with van der Waals surface area (Å²) in [6, 6.07) is 7.31. The Hall–Kier alpha value is -4.02. The highest BCUT2D eigenvalue weighted by molar-refractivity contribution is 6.00. The lowest BCUT2D eigenvalue weighted by molar-refractivity contribution is -0.129. The Labute approximate surface area is 213 Å². The van der Waals surface area contributed by atoms with Crippen molar-refractivity contribution in [2.24, 2.45) is 5.41 Å². The summed E-state index contributed by atoms with van der Waals surface area (Å²) in [6.45, 7) is 6.30. The third-order valence-electron chi connectivity index (χ3n) is 7.90. The molecule has 194 valence electrons.